The molecule has 9 nitrogen and oxygen atoms in total. The van der Waals surface area contributed by atoms with Crippen LogP contribution in [0.4, 0.5) is 10.5 Å². The number of anilines is 1. The second-order valence-electron chi connectivity index (χ2n) is 7.07. The van der Waals surface area contributed by atoms with Crippen LogP contribution in [0.15, 0.2) is 39.7 Å². The van der Waals surface area contributed by atoms with Gasteiger partial charge in [-0.1, -0.05) is 17.7 Å². The number of halogens is 2. The average molecular weight is 569 g/mol. The molecule has 0 aliphatic carbocycles. The lowest BCUT2D eigenvalue weighted by Crippen LogP contribution is -2.36. The zero-order valence-corrected chi connectivity index (χ0v) is 21.2. The predicted octanol–water partition coefficient (Wildman–Crippen LogP) is 3.96. The third-order valence-corrected chi connectivity index (χ3v) is 6.44. The fourth-order valence-corrected chi connectivity index (χ4v) is 4.51. The minimum absolute atomic E-state index is 0.130. The molecule has 4 amide bonds. The molecule has 3 rings (SSSR count). The number of methoxy groups -OCH3 is 1. The van der Waals surface area contributed by atoms with E-state index in [0.29, 0.717) is 38.3 Å². The van der Waals surface area contributed by atoms with Gasteiger partial charge in [0.2, 0.25) is 5.91 Å². The number of hydrogen-bond donors (Lipinski definition) is 2. The van der Waals surface area contributed by atoms with Crippen molar-refractivity contribution in [2.75, 3.05) is 25.6 Å². The first-order valence-electron chi connectivity index (χ1n) is 9.69. The fourth-order valence-electron chi connectivity index (χ4n) is 2.91. The summed E-state index contributed by atoms with van der Waals surface area (Å²) in [6.07, 6.45) is 1.48. The third kappa shape index (κ3) is 6.10. The van der Waals surface area contributed by atoms with E-state index >= 15 is 0 Å². The Hall–Kier alpha value is -3.02. The smallest absolute Gasteiger partial charge is 0.294 e. The third-order valence-electron chi connectivity index (χ3n) is 4.54. The minimum atomic E-state index is -0.788. The Labute approximate surface area is 212 Å². The van der Waals surface area contributed by atoms with E-state index in [2.05, 4.69) is 21.2 Å². The van der Waals surface area contributed by atoms with Gasteiger partial charge in [0, 0.05) is 10.7 Å². The number of rotatable bonds is 8. The Morgan fingerprint density at radius 2 is 2.00 bits per heavy atom. The normalized spacial score (nSPS) is 14.5. The van der Waals surface area contributed by atoms with Crippen molar-refractivity contribution in [1.82, 2.24) is 4.90 Å². The van der Waals surface area contributed by atoms with Crippen LogP contribution in [-0.4, -0.2) is 48.1 Å². The van der Waals surface area contributed by atoms with E-state index in [1.807, 2.05) is 6.92 Å². The minimum Gasteiger partial charge on any atom is -0.493 e. The van der Waals surface area contributed by atoms with E-state index in [0.717, 1.165) is 10.5 Å². The Morgan fingerprint density at radius 1 is 1.26 bits per heavy atom. The zero-order valence-electron chi connectivity index (χ0n) is 18.0. The molecular weight excluding hydrogens is 550 g/mol. The van der Waals surface area contributed by atoms with Gasteiger partial charge in [-0.05, 0) is 76.1 Å². The predicted molar refractivity (Wildman–Crippen MR) is 133 cm³/mol. The van der Waals surface area contributed by atoms with Gasteiger partial charge in [-0.25, -0.2) is 0 Å². The van der Waals surface area contributed by atoms with E-state index in [9.17, 15) is 19.2 Å². The van der Waals surface area contributed by atoms with Gasteiger partial charge in [0.15, 0.2) is 18.1 Å². The number of amides is 4. The zero-order chi connectivity index (χ0) is 25.0. The summed E-state index contributed by atoms with van der Waals surface area (Å²) >= 11 is 10.2. The number of carbonyl (C=O) groups is 4. The number of nitrogens with one attached hydrogen (secondary N) is 1. The van der Waals surface area contributed by atoms with Gasteiger partial charge in [-0.15, -0.1) is 0 Å². The lowest BCUT2D eigenvalue weighted by molar-refractivity contribution is -0.127. The first-order valence-corrected chi connectivity index (χ1v) is 11.7. The molecule has 0 bridgehead atoms. The molecule has 0 aromatic heterocycles. The summed E-state index contributed by atoms with van der Waals surface area (Å²) < 4.78 is 11.5. The van der Waals surface area contributed by atoms with E-state index in [1.54, 1.807) is 30.3 Å². The number of nitrogens with zero attached hydrogens (tertiary/aromatic N) is 1. The molecule has 178 valence electrons. The van der Waals surface area contributed by atoms with Crippen LogP contribution in [-0.2, 0) is 14.4 Å². The molecule has 0 radical (unpaired) electrons. The average Bonchev–Trinajstić information content (AvgIpc) is 3.02. The van der Waals surface area contributed by atoms with Gasteiger partial charge in [0.25, 0.3) is 17.1 Å². The molecule has 0 saturated carbocycles. The van der Waals surface area contributed by atoms with Crippen molar-refractivity contribution >= 4 is 74.0 Å². The summed E-state index contributed by atoms with van der Waals surface area (Å²) in [5, 5.41) is 2.65. The number of nitrogens with two attached hydrogens (primary N) is 1. The number of primary amides is 1. The van der Waals surface area contributed by atoms with E-state index in [-0.39, 0.29) is 17.3 Å². The molecule has 0 spiro atoms. The highest BCUT2D eigenvalue weighted by Gasteiger charge is 2.35. The molecule has 1 fully saturated rings. The van der Waals surface area contributed by atoms with Crippen LogP contribution in [0.3, 0.4) is 0 Å². The molecule has 1 saturated heterocycles. The lowest BCUT2D eigenvalue weighted by Gasteiger charge is -2.14. The second kappa shape index (κ2) is 10.9. The first kappa shape index (κ1) is 25.6. The van der Waals surface area contributed by atoms with Gasteiger partial charge >= 0.3 is 0 Å². The van der Waals surface area contributed by atoms with Gasteiger partial charge < -0.3 is 20.5 Å². The highest BCUT2D eigenvalue weighted by Crippen LogP contribution is 2.39. The largest absolute Gasteiger partial charge is 0.493 e. The van der Waals surface area contributed by atoms with E-state index in [1.165, 1.54) is 13.2 Å². The van der Waals surface area contributed by atoms with Crippen molar-refractivity contribution in [1.29, 1.82) is 0 Å². The van der Waals surface area contributed by atoms with Gasteiger partial charge in [-0.3, -0.25) is 24.1 Å². The van der Waals surface area contributed by atoms with Gasteiger partial charge in [0.1, 0.15) is 6.54 Å². The molecule has 3 N–H and O–H groups in total. The Balaban J connectivity index is 1.73. The fraction of sp³-hybridized carbons (Fsp3) is 0.182. The van der Waals surface area contributed by atoms with Crippen LogP contribution >= 0.6 is 39.3 Å². The molecule has 0 atom stereocenters. The Morgan fingerprint density at radius 3 is 2.65 bits per heavy atom. The number of ether oxygens (including phenoxy) is 2. The van der Waals surface area contributed by atoms with Gasteiger partial charge in [-0.2, -0.15) is 0 Å². The highest BCUT2D eigenvalue weighted by atomic mass is 79.9. The van der Waals surface area contributed by atoms with Crippen LogP contribution in [0.25, 0.3) is 6.08 Å². The van der Waals surface area contributed by atoms with Crippen LogP contribution < -0.4 is 20.5 Å². The molecular formula is C22H19BrClN3O6S. The Kier molecular flexibility index (Phi) is 8.24. The highest BCUT2D eigenvalue weighted by molar-refractivity contribution is 9.10. The number of aryl methyl sites for hydroxylation is 1. The maximum absolute atomic E-state index is 12.4. The number of imide groups is 1. The number of benzene rings is 2. The quantitative estimate of drug-likeness (QED) is 0.461. The molecule has 1 aliphatic heterocycles. The first-order chi connectivity index (χ1) is 16.1. The SMILES string of the molecule is COc1cc(/C=C2\SC(=O)N(CC(N)=O)C2=O)cc(Br)c1OCC(=O)Nc1ccc(C)c(Cl)c1. The lowest BCUT2D eigenvalue weighted by atomic mass is 10.2. The molecule has 1 heterocycles. The van der Waals surface area contributed by atoms with E-state index in [4.69, 9.17) is 26.8 Å². The maximum Gasteiger partial charge on any atom is 0.294 e. The molecule has 12 heteroatoms. The van der Waals surface area contributed by atoms with Crippen LogP contribution in [0.5, 0.6) is 11.5 Å². The monoisotopic (exact) mass is 567 g/mol. The van der Waals surface area contributed by atoms with Crippen molar-refractivity contribution in [3.8, 4) is 11.5 Å². The summed E-state index contributed by atoms with van der Waals surface area (Å²) in [7, 11) is 1.42. The maximum atomic E-state index is 12.4. The standard InChI is InChI=1S/C22H19BrClN3O6S/c1-11-3-4-13(8-15(11)24)26-19(29)10-33-20-14(23)5-12(6-16(20)32-2)7-17-21(30)27(9-18(25)28)22(31)34-17/h3-8H,9-10H2,1-2H3,(H2,25,28)(H,26,29)/b17-7-. The van der Waals surface area contributed by atoms with Crippen molar-refractivity contribution < 1.29 is 28.7 Å². The summed E-state index contributed by atoms with van der Waals surface area (Å²) in [6.45, 7) is 1.07. The van der Waals surface area contributed by atoms with Crippen LogP contribution in [0.1, 0.15) is 11.1 Å². The van der Waals surface area contributed by atoms with Gasteiger partial charge in [0.05, 0.1) is 16.5 Å². The number of thioether (sulfide) groups is 1. The van der Waals surface area contributed by atoms with Crippen LogP contribution in [0.2, 0.25) is 5.02 Å². The summed E-state index contributed by atoms with van der Waals surface area (Å²) in [5.41, 5.74) is 7.05. The van der Waals surface area contributed by atoms with Crippen molar-refractivity contribution in [2.45, 2.75) is 6.92 Å². The summed E-state index contributed by atoms with van der Waals surface area (Å²) in [5.74, 6) is -1.23. The molecule has 0 unspecified atom stereocenters. The molecule has 2 aromatic rings. The van der Waals surface area contributed by atoms with Crippen molar-refractivity contribution in [3.05, 3.63) is 55.9 Å². The Bertz CT molecular complexity index is 1220. The molecule has 1 aliphatic rings. The molecule has 34 heavy (non-hydrogen) atoms. The number of hydrogen-bond acceptors (Lipinski definition) is 7. The number of carbonyl (C=O) groups excluding carboxylic acids is 4. The van der Waals surface area contributed by atoms with Crippen molar-refractivity contribution in [2.24, 2.45) is 5.73 Å². The summed E-state index contributed by atoms with van der Waals surface area (Å²) in [4.78, 5) is 48.7. The van der Waals surface area contributed by atoms with Crippen LogP contribution in [0, 0.1) is 6.92 Å². The topological polar surface area (TPSA) is 128 Å². The van der Waals surface area contributed by atoms with E-state index < -0.39 is 29.5 Å². The van der Waals surface area contributed by atoms with Crippen molar-refractivity contribution in [3.63, 3.8) is 0 Å². The molecule has 2 aromatic carbocycles. The summed E-state index contributed by atoms with van der Waals surface area (Å²) in [6, 6.07) is 8.39. The second-order valence-corrected chi connectivity index (χ2v) is 9.32.